The molecule has 1 aliphatic rings. The Morgan fingerprint density at radius 3 is 2.64 bits per heavy atom. The Kier molecular flexibility index (Phi) is 11.1. The van der Waals surface area contributed by atoms with Crippen LogP contribution in [0.2, 0.25) is 0 Å². The highest BCUT2D eigenvalue weighted by atomic mass is 19.1. The lowest BCUT2D eigenvalue weighted by atomic mass is 9.91. The number of benzene rings is 1. The number of aliphatic hydroxyl groups is 1. The third-order valence-corrected chi connectivity index (χ3v) is 6.64. The molecule has 3 N–H and O–H groups in total. The maximum absolute atomic E-state index is 15.2. The van der Waals surface area contributed by atoms with E-state index in [1.165, 1.54) is 6.07 Å². The topological polar surface area (TPSA) is 109 Å². The van der Waals surface area contributed by atoms with Crippen LogP contribution in [0.1, 0.15) is 69.3 Å². The molecule has 0 atom stereocenters. The summed E-state index contributed by atoms with van der Waals surface area (Å²) in [5, 5.41) is 26.2. The van der Waals surface area contributed by atoms with Gasteiger partial charge < -0.3 is 20.3 Å². The lowest BCUT2D eigenvalue weighted by molar-refractivity contribution is -0.136. The minimum Gasteiger partial charge on any atom is -0.490 e. The molecule has 3 heterocycles. The summed E-state index contributed by atoms with van der Waals surface area (Å²) in [7, 11) is 0. The van der Waals surface area contributed by atoms with Crippen molar-refractivity contribution < 1.29 is 24.1 Å². The molecule has 8 nitrogen and oxygen atoms in total. The fourth-order valence-corrected chi connectivity index (χ4v) is 4.77. The van der Waals surface area contributed by atoms with Crippen molar-refractivity contribution in [2.45, 2.75) is 79.2 Å². The van der Waals surface area contributed by atoms with Gasteiger partial charge in [0.25, 0.3) is 0 Å². The predicted molar refractivity (Wildman–Crippen MR) is 166 cm³/mol. The first-order valence-corrected chi connectivity index (χ1v) is 14.3. The van der Waals surface area contributed by atoms with Gasteiger partial charge in [-0.2, -0.15) is 0 Å². The number of aromatic nitrogens is 3. The lowest BCUT2D eigenvalue weighted by Gasteiger charge is -2.23. The van der Waals surface area contributed by atoms with Crippen molar-refractivity contribution in [1.82, 2.24) is 14.6 Å². The monoisotopic (exact) mass is 578 g/mol. The summed E-state index contributed by atoms with van der Waals surface area (Å²) in [6, 6.07) is 3.26. The molecule has 2 aromatic heterocycles. The third-order valence-electron chi connectivity index (χ3n) is 6.64. The van der Waals surface area contributed by atoms with Gasteiger partial charge in [-0.1, -0.05) is 30.9 Å². The van der Waals surface area contributed by atoms with Gasteiger partial charge in [-0.05, 0) is 84.4 Å². The van der Waals surface area contributed by atoms with Gasteiger partial charge in [-0.3, -0.25) is 4.79 Å². The molecule has 9 heteroatoms. The van der Waals surface area contributed by atoms with Crippen molar-refractivity contribution >= 4 is 17.4 Å². The normalized spacial score (nSPS) is 13.4. The van der Waals surface area contributed by atoms with Crippen molar-refractivity contribution in [2.75, 3.05) is 18.5 Å². The van der Waals surface area contributed by atoms with Gasteiger partial charge >= 0.3 is 5.97 Å². The molecule has 0 radical (unpaired) electrons. The van der Waals surface area contributed by atoms with E-state index in [-0.39, 0.29) is 6.42 Å². The Morgan fingerprint density at radius 1 is 1.29 bits per heavy atom. The number of hydrogen-bond donors (Lipinski definition) is 3. The number of anilines is 1. The Balaban J connectivity index is 0.000000892. The van der Waals surface area contributed by atoms with Gasteiger partial charge in [-0.25, -0.2) is 13.9 Å². The van der Waals surface area contributed by atoms with Crippen molar-refractivity contribution in [3.05, 3.63) is 76.8 Å². The second kappa shape index (κ2) is 14.3. The molecular weight excluding hydrogens is 535 g/mol. The van der Waals surface area contributed by atoms with Crippen molar-refractivity contribution in [3.8, 4) is 17.0 Å². The van der Waals surface area contributed by atoms with Crippen molar-refractivity contribution in [3.63, 3.8) is 0 Å². The van der Waals surface area contributed by atoms with Crippen molar-refractivity contribution in [1.29, 1.82) is 0 Å². The molecular formula is C33H43FN4O4. The second-order valence-electron chi connectivity index (χ2n) is 11.4. The summed E-state index contributed by atoms with van der Waals surface area (Å²) in [6.45, 7) is 16.0. The van der Waals surface area contributed by atoms with Crippen LogP contribution in [0.15, 0.2) is 48.6 Å². The summed E-state index contributed by atoms with van der Waals surface area (Å²) >= 11 is 0. The molecule has 0 saturated heterocycles. The molecule has 0 saturated carbocycles. The standard InChI is InChI=1S/C29H33FN4O3.C4H10O/c1-5-7-10-20(6-2)11-8-13-31-25-17-26-32-19(4)23(16-27(35)36)28(34(26)33-25)22-15-24(30)29-21(18(22)3)12-9-14-37-29;1-4(2,3)5/h5-7,10,15,17H,2,8-9,11-14,16H2,1,3-4H3,(H,31,33)(H,35,36);5H,1-3H3/b7-5-,20-10+;. The maximum atomic E-state index is 15.2. The highest BCUT2D eigenvalue weighted by Gasteiger charge is 2.26. The second-order valence-corrected chi connectivity index (χ2v) is 11.4. The van der Waals surface area contributed by atoms with Gasteiger partial charge in [-0.15, -0.1) is 5.10 Å². The van der Waals surface area contributed by atoms with E-state index in [0.29, 0.717) is 59.3 Å². The van der Waals surface area contributed by atoms with Crippen LogP contribution in [0.3, 0.4) is 0 Å². The smallest absolute Gasteiger partial charge is 0.307 e. The number of aryl methyl sites for hydroxylation is 1. The van der Waals surface area contributed by atoms with E-state index >= 15 is 4.39 Å². The molecule has 0 unspecified atom stereocenters. The van der Waals surface area contributed by atoms with E-state index in [9.17, 15) is 9.90 Å². The third kappa shape index (κ3) is 8.52. The molecule has 0 aliphatic carbocycles. The number of hydrogen-bond acceptors (Lipinski definition) is 6. The summed E-state index contributed by atoms with van der Waals surface area (Å²) in [5.41, 5.74) is 5.15. The average molecular weight is 579 g/mol. The fraction of sp³-hybridized carbons (Fsp3) is 0.424. The molecule has 3 aromatic rings. The minimum absolute atomic E-state index is 0.246. The summed E-state index contributed by atoms with van der Waals surface area (Å²) in [4.78, 5) is 16.4. The Morgan fingerprint density at radius 2 is 2.00 bits per heavy atom. The van der Waals surface area contributed by atoms with E-state index < -0.39 is 17.4 Å². The molecule has 0 bridgehead atoms. The molecule has 1 aliphatic heterocycles. The minimum atomic E-state index is -0.987. The van der Waals surface area contributed by atoms with E-state index in [0.717, 1.165) is 36.0 Å². The lowest BCUT2D eigenvalue weighted by Crippen LogP contribution is -2.14. The first-order valence-electron chi connectivity index (χ1n) is 14.3. The van der Waals surface area contributed by atoms with E-state index in [2.05, 4.69) is 16.9 Å². The number of fused-ring (bicyclic) bond motifs is 2. The van der Waals surface area contributed by atoms with Crippen LogP contribution >= 0.6 is 0 Å². The number of rotatable bonds is 10. The van der Waals surface area contributed by atoms with Crippen LogP contribution in [-0.4, -0.2) is 49.5 Å². The Hall–Kier alpha value is -3.98. The van der Waals surface area contributed by atoms with Crippen LogP contribution in [-0.2, 0) is 17.6 Å². The van der Waals surface area contributed by atoms with Crippen LogP contribution in [0, 0.1) is 19.7 Å². The number of nitrogens with one attached hydrogen (secondary N) is 1. The number of aliphatic carboxylic acids is 1. The number of allylic oxidation sites excluding steroid dienone is 5. The highest BCUT2D eigenvalue weighted by Crippen LogP contribution is 2.39. The molecule has 0 spiro atoms. The number of ether oxygens (including phenoxy) is 1. The Labute approximate surface area is 247 Å². The number of carbonyl (C=O) groups is 1. The van der Waals surface area contributed by atoms with Crippen LogP contribution < -0.4 is 10.1 Å². The number of halogens is 1. The van der Waals surface area contributed by atoms with Crippen LogP contribution in [0.5, 0.6) is 5.75 Å². The molecule has 226 valence electrons. The molecule has 1 aromatic carbocycles. The fourth-order valence-electron chi connectivity index (χ4n) is 4.77. The van der Waals surface area contributed by atoms with Gasteiger partial charge in [0.05, 0.1) is 24.3 Å². The van der Waals surface area contributed by atoms with Gasteiger partial charge in [0.15, 0.2) is 23.0 Å². The zero-order chi connectivity index (χ0) is 31.0. The van der Waals surface area contributed by atoms with E-state index in [4.69, 9.17) is 14.9 Å². The quantitative estimate of drug-likeness (QED) is 0.180. The molecule has 42 heavy (non-hydrogen) atoms. The van der Waals surface area contributed by atoms with Gasteiger partial charge in [0.1, 0.15) is 0 Å². The zero-order valence-electron chi connectivity index (χ0n) is 25.6. The zero-order valence-corrected chi connectivity index (χ0v) is 25.6. The maximum Gasteiger partial charge on any atom is 0.307 e. The molecule has 0 amide bonds. The molecule has 4 rings (SSSR count). The first-order chi connectivity index (χ1) is 19.8. The Bertz CT molecular complexity index is 1490. The average Bonchev–Trinajstić information content (AvgIpc) is 3.32. The SMILES string of the molecule is C=C/C(=C\C=C/C)CCCNc1cc2nc(C)c(CC(=O)O)c(-c3cc(F)c4c(c3C)CCCO4)n2n1.CC(C)(C)O. The van der Waals surface area contributed by atoms with Crippen LogP contribution in [0.25, 0.3) is 16.9 Å². The molecule has 0 fully saturated rings. The highest BCUT2D eigenvalue weighted by molar-refractivity contribution is 5.79. The van der Waals surface area contributed by atoms with Gasteiger partial charge in [0.2, 0.25) is 0 Å². The number of carboxylic acid groups (broad SMARTS) is 1. The largest absolute Gasteiger partial charge is 0.490 e. The van der Waals surface area contributed by atoms with Crippen LogP contribution in [0.4, 0.5) is 10.2 Å². The first kappa shape index (κ1) is 32.5. The predicted octanol–water partition coefficient (Wildman–Crippen LogP) is 6.76. The van der Waals surface area contributed by atoms with E-state index in [1.54, 1.807) is 32.2 Å². The number of carboxylic acids is 1. The van der Waals surface area contributed by atoms with E-state index in [1.807, 2.05) is 44.2 Å². The number of nitrogens with zero attached hydrogens (tertiary/aromatic N) is 3. The summed E-state index contributed by atoms with van der Waals surface area (Å²) < 4.78 is 22.4. The summed E-state index contributed by atoms with van der Waals surface area (Å²) in [6.07, 6.45) is 10.9. The van der Waals surface area contributed by atoms with Gasteiger partial charge in [0, 0.05) is 35.0 Å². The summed E-state index contributed by atoms with van der Waals surface area (Å²) in [5.74, 6) is -0.523. The van der Waals surface area contributed by atoms with Crippen molar-refractivity contribution in [2.24, 2.45) is 0 Å².